The van der Waals surface area contributed by atoms with Crippen molar-refractivity contribution < 1.29 is 9.59 Å². The van der Waals surface area contributed by atoms with E-state index in [4.69, 9.17) is 28.5 Å². The van der Waals surface area contributed by atoms with Crippen molar-refractivity contribution in [2.75, 3.05) is 6.54 Å². The van der Waals surface area contributed by atoms with Crippen LogP contribution in [-0.4, -0.2) is 24.4 Å². The molecule has 5 nitrogen and oxygen atoms in total. The van der Waals surface area contributed by atoms with Crippen LogP contribution < -0.4 is 10.6 Å². The maximum absolute atomic E-state index is 12.7. The van der Waals surface area contributed by atoms with Crippen molar-refractivity contribution in [2.45, 2.75) is 26.3 Å². The number of carbonyl (C=O) groups is 2. The largest absolute Gasteiger partial charge is 0.341 e. The minimum Gasteiger partial charge on any atom is -0.341 e. The van der Waals surface area contributed by atoms with Crippen LogP contribution in [0.3, 0.4) is 0 Å². The van der Waals surface area contributed by atoms with Crippen LogP contribution in [0.25, 0.3) is 11.1 Å². The summed E-state index contributed by atoms with van der Waals surface area (Å²) in [7, 11) is 0. The fourth-order valence-corrected chi connectivity index (χ4v) is 3.97. The summed E-state index contributed by atoms with van der Waals surface area (Å²) in [6, 6.07) is 10.0. The third kappa shape index (κ3) is 5.70. The first-order valence-corrected chi connectivity index (χ1v) is 9.90. The van der Waals surface area contributed by atoms with Gasteiger partial charge in [-0.05, 0) is 24.5 Å². The molecule has 0 bridgehead atoms. The first-order valence-electron chi connectivity index (χ1n) is 8.33. The maximum Gasteiger partial charge on any atom is 0.262 e. The normalized spacial score (nSPS) is 11.7. The van der Waals surface area contributed by atoms with E-state index < -0.39 is 11.9 Å². The molecule has 1 heterocycles. The molecule has 0 spiro atoms. The van der Waals surface area contributed by atoms with Gasteiger partial charge in [-0.2, -0.15) is 5.26 Å². The summed E-state index contributed by atoms with van der Waals surface area (Å²) in [5.41, 5.74) is 1.41. The van der Waals surface area contributed by atoms with E-state index in [1.54, 1.807) is 12.1 Å². The van der Waals surface area contributed by atoms with Crippen molar-refractivity contribution in [3.05, 3.63) is 44.6 Å². The Morgan fingerprint density at radius 1 is 1.22 bits per heavy atom. The number of carbonyl (C=O) groups excluding carboxylic acids is 2. The van der Waals surface area contributed by atoms with Gasteiger partial charge in [0.05, 0.1) is 10.9 Å². The Bertz CT molecular complexity index is 874. The van der Waals surface area contributed by atoms with Gasteiger partial charge >= 0.3 is 0 Å². The third-order valence-corrected chi connectivity index (χ3v) is 5.43. The van der Waals surface area contributed by atoms with Crippen LogP contribution in [0.1, 0.15) is 29.9 Å². The number of benzene rings is 1. The van der Waals surface area contributed by atoms with Gasteiger partial charge in [0.25, 0.3) is 5.91 Å². The summed E-state index contributed by atoms with van der Waals surface area (Å²) in [6.45, 7) is 3.80. The van der Waals surface area contributed by atoms with E-state index in [0.717, 1.165) is 16.9 Å². The predicted octanol–water partition coefficient (Wildman–Crippen LogP) is 4.51. The summed E-state index contributed by atoms with van der Waals surface area (Å²) in [5.74, 6) is -0.584. The van der Waals surface area contributed by atoms with Crippen molar-refractivity contribution in [3.63, 3.8) is 0 Å². The lowest BCUT2D eigenvalue weighted by molar-refractivity contribution is -0.123. The lowest BCUT2D eigenvalue weighted by atomic mass is 10.0. The van der Waals surface area contributed by atoms with Crippen LogP contribution in [0, 0.1) is 17.2 Å². The summed E-state index contributed by atoms with van der Waals surface area (Å²) < 4.78 is 0.447. The predicted molar refractivity (Wildman–Crippen MR) is 109 cm³/mol. The number of thiophene rings is 1. The Balaban J connectivity index is 2.21. The highest BCUT2D eigenvalue weighted by molar-refractivity contribution is 7.18. The number of amides is 2. The molecule has 0 aliphatic carbocycles. The lowest BCUT2D eigenvalue weighted by Gasteiger charge is -2.19. The molecule has 1 aromatic heterocycles. The van der Waals surface area contributed by atoms with Crippen LogP contribution in [0.4, 0.5) is 0 Å². The Labute approximate surface area is 172 Å². The molecule has 8 heteroatoms. The second-order valence-electron chi connectivity index (χ2n) is 6.31. The van der Waals surface area contributed by atoms with Crippen LogP contribution in [-0.2, 0) is 4.79 Å². The molecule has 0 saturated heterocycles. The Morgan fingerprint density at radius 2 is 1.93 bits per heavy atom. The Kier molecular flexibility index (Phi) is 7.66. The second kappa shape index (κ2) is 9.75. The zero-order valence-electron chi connectivity index (χ0n) is 14.9. The topological polar surface area (TPSA) is 82.0 Å². The molecule has 2 amide bonds. The fourth-order valence-electron chi connectivity index (χ4n) is 2.53. The van der Waals surface area contributed by atoms with E-state index in [1.165, 1.54) is 0 Å². The number of rotatable bonds is 7. The van der Waals surface area contributed by atoms with Crippen LogP contribution in [0.15, 0.2) is 30.3 Å². The highest BCUT2D eigenvalue weighted by atomic mass is 35.5. The SMILES string of the molecule is CC(C)C[C@H](NC(=O)c1cc(-c2ccccc2Cl)c(Cl)s1)C(=O)NCC#N. The minimum absolute atomic E-state index is 0.106. The van der Waals surface area contributed by atoms with Crippen LogP contribution >= 0.6 is 34.5 Å². The van der Waals surface area contributed by atoms with Gasteiger partial charge in [0, 0.05) is 16.1 Å². The van der Waals surface area contributed by atoms with Crippen molar-refractivity contribution >= 4 is 46.4 Å². The van der Waals surface area contributed by atoms with E-state index >= 15 is 0 Å². The van der Waals surface area contributed by atoms with E-state index in [9.17, 15) is 9.59 Å². The van der Waals surface area contributed by atoms with Crippen molar-refractivity contribution in [2.24, 2.45) is 5.92 Å². The van der Waals surface area contributed by atoms with Gasteiger partial charge in [0.15, 0.2) is 0 Å². The van der Waals surface area contributed by atoms with Crippen molar-refractivity contribution in [1.29, 1.82) is 5.26 Å². The molecule has 27 heavy (non-hydrogen) atoms. The van der Waals surface area contributed by atoms with E-state index in [1.807, 2.05) is 38.1 Å². The summed E-state index contributed by atoms with van der Waals surface area (Å²) in [4.78, 5) is 25.3. The van der Waals surface area contributed by atoms with Gasteiger partial charge in [-0.3, -0.25) is 9.59 Å². The lowest BCUT2D eigenvalue weighted by Crippen LogP contribution is -2.47. The highest BCUT2D eigenvalue weighted by Crippen LogP contribution is 2.38. The molecule has 2 N–H and O–H groups in total. The fraction of sp³-hybridized carbons (Fsp3) is 0.316. The molecular weight excluding hydrogens is 405 g/mol. The van der Waals surface area contributed by atoms with Gasteiger partial charge in [-0.1, -0.05) is 55.2 Å². The van der Waals surface area contributed by atoms with Crippen molar-refractivity contribution in [1.82, 2.24) is 10.6 Å². The Hall–Kier alpha value is -2.07. The van der Waals surface area contributed by atoms with E-state index in [0.29, 0.717) is 26.2 Å². The number of halogens is 2. The first kappa shape index (κ1) is 21.2. The monoisotopic (exact) mass is 423 g/mol. The van der Waals surface area contributed by atoms with Crippen LogP contribution in [0.2, 0.25) is 9.36 Å². The summed E-state index contributed by atoms with van der Waals surface area (Å²) in [6.07, 6.45) is 0.458. The number of hydrogen-bond donors (Lipinski definition) is 2. The zero-order valence-corrected chi connectivity index (χ0v) is 17.2. The van der Waals surface area contributed by atoms with Gasteiger partial charge in [0.2, 0.25) is 5.91 Å². The molecule has 0 saturated carbocycles. The minimum atomic E-state index is -0.726. The molecule has 2 aromatic rings. The molecule has 1 aromatic carbocycles. The van der Waals surface area contributed by atoms with Gasteiger partial charge in [-0.25, -0.2) is 0 Å². The molecule has 0 aliphatic heterocycles. The molecule has 0 radical (unpaired) electrons. The summed E-state index contributed by atoms with van der Waals surface area (Å²) >= 11 is 13.7. The molecule has 1 atom stereocenters. The second-order valence-corrected chi connectivity index (χ2v) is 8.37. The van der Waals surface area contributed by atoms with Gasteiger partial charge in [0.1, 0.15) is 16.9 Å². The van der Waals surface area contributed by atoms with E-state index in [2.05, 4.69) is 10.6 Å². The van der Waals surface area contributed by atoms with Crippen molar-refractivity contribution in [3.8, 4) is 17.2 Å². The quantitative estimate of drug-likeness (QED) is 0.642. The molecular formula is C19H19Cl2N3O2S. The molecule has 2 rings (SSSR count). The number of hydrogen-bond acceptors (Lipinski definition) is 4. The molecule has 0 aliphatic rings. The van der Waals surface area contributed by atoms with E-state index in [-0.39, 0.29) is 18.4 Å². The molecule has 0 fully saturated rings. The molecule has 142 valence electrons. The van der Waals surface area contributed by atoms with Gasteiger partial charge < -0.3 is 10.6 Å². The average molecular weight is 424 g/mol. The maximum atomic E-state index is 12.7. The smallest absolute Gasteiger partial charge is 0.262 e. The first-order chi connectivity index (χ1) is 12.8. The average Bonchev–Trinajstić information content (AvgIpc) is 3.00. The van der Waals surface area contributed by atoms with Crippen LogP contribution in [0.5, 0.6) is 0 Å². The Morgan fingerprint density at radius 3 is 2.56 bits per heavy atom. The standard InChI is InChI=1S/C19H19Cl2N3O2S/c1-11(2)9-15(18(25)23-8-7-22)24-19(26)16-10-13(17(21)27-16)12-5-3-4-6-14(12)20/h3-6,10-11,15H,8-9H2,1-2H3,(H,23,25)(H,24,26)/t15-/m0/s1. The van der Waals surface area contributed by atoms with Gasteiger partial charge in [-0.15, -0.1) is 11.3 Å². The summed E-state index contributed by atoms with van der Waals surface area (Å²) in [5, 5.41) is 14.4. The third-order valence-electron chi connectivity index (χ3n) is 3.75. The number of nitrogens with zero attached hydrogens (tertiary/aromatic N) is 1. The number of nitriles is 1. The highest BCUT2D eigenvalue weighted by Gasteiger charge is 2.24. The molecule has 0 unspecified atom stereocenters. The number of nitrogens with one attached hydrogen (secondary N) is 2. The zero-order chi connectivity index (χ0) is 20.0.